The van der Waals surface area contributed by atoms with Crippen LogP contribution in [0.4, 0.5) is 17.1 Å². The lowest BCUT2D eigenvalue weighted by Crippen LogP contribution is -2.10. The first-order chi connectivity index (χ1) is 28.8. The van der Waals surface area contributed by atoms with Gasteiger partial charge in [0, 0.05) is 64.5 Å². The fraction of sp³-hybridized carbons (Fsp3) is 0. The van der Waals surface area contributed by atoms with Crippen LogP contribution < -0.4 is 4.90 Å². The molecule has 0 aliphatic carbocycles. The van der Waals surface area contributed by atoms with Crippen molar-refractivity contribution in [2.24, 2.45) is 0 Å². The summed E-state index contributed by atoms with van der Waals surface area (Å²) in [7, 11) is 0. The van der Waals surface area contributed by atoms with Gasteiger partial charge in [-0.15, -0.1) is 11.3 Å². The van der Waals surface area contributed by atoms with Crippen molar-refractivity contribution in [3.8, 4) is 22.5 Å². The highest BCUT2D eigenvalue weighted by Crippen LogP contribution is 2.46. The monoisotopic (exact) mass is 757 g/mol. The van der Waals surface area contributed by atoms with Gasteiger partial charge in [0.15, 0.2) is 0 Å². The first-order valence-corrected chi connectivity index (χ1v) is 20.6. The maximum absolute atomic E-state index is 2.45. The summed E-state index contributed by atoms with van der Waals surface area (Å²) in [6, 6.07) is 77.4. The third kappa shape index (κ3) is 5.05. The number of hydrogen-bond donors (Lipinski definition) is 0. The largest absolute Gasteiger partial charge is 0.310 e. The van der Waals surface area contributed by atoms with Crippen LogP contribution in [0.2, 0.25) is 0 Å². The topological polar surface area (TPSA) is 13.1 Å². The second-order valence-electron chi connectivity index (χ2n) is 14.9. The third-order valence-corrected chi connectivity index (χ3v) is 12.8. The van der Waals surface area contributed by atoms with Crippen molar-refractivity contribution in [1.29, 1.82) is 0 Å². The van der Waals surface area contributed by atoms with E-state index >= 15 is 0 Å². The van der Waals surface area contributed by atoms with Crippen LogP contribution in [0, 0.1) is 0 Å². The predicted molar refractivity (Wildman–Crippen MR) is 248 cm³/mol. The summed E-state index contributed by atoms with van der Waals surface area (Å²) < 4.78 is 7.39. The van der Waals surface area contributed by atoms with E-state index < -0.39 is 0 Å². The van der Waals surface area contributed by atoms with Crippen molar-refractivity contribution >= 4 is 92.2 Å². The number of aromatic nitrogens is 2. The Morgan fingerprint density at radius 3 is 1.64 bits per heavy atom. The van der Waals surface area contributed by atoms with Crippen molar-refractivity contribution in [3.05, 3.63) is 212 Å². The fourth-order valence-corrected chi connectivity index (χ4v) is 10.2. The maximum Gasteiger partial charge on any atom is 0.0562 e. The molecule has 3 aromatic heterocycles. The smallest absolute Gasteiger partial charge is 0.0562 e. The molecule has 0 saturated carbocycles. The van der Waals surface area contributed by atoms with Crippen molar-refractivity contribution < 1.29 is 0 Å². The standard InChI is InChI=1S/C54H35N3S/c1-3-14-38(15-4-1)56-48-22-11-8-20-45(48)54-49(23-13-24-50(54)56)55(41-31-33-53-46(35-41)44-19-9-12-25-52(44)58-53)40-29-26-36(27-30-40)37-28-32-43-42-18-7-10-21-47(42)57(51(43)34-37)39-16-5-2-6-17-39/h1-35H. The Balaban J connectivity index is 1.06. The van der Waals surface area contributed by atoms with Crippen molar-refractivity contribution in [2.45, 2.75) is 0 Å². The van der Waals surface area contributed by atoms with Crippen LogP contribution in [0.25, 0.3) is 86.3 Å². The first-order valence-electron chi connectivity index (χ1n) is 19.8. The van der Waals surface area contributed by atoms with Crippen molar-refractivity contribution in [3.63, 3.8) is 0 Å². The van der Waals surface area contributed by atoms with Crippen LogP contribution in [0.1, 0.15) is 0 Å². The molecule has 0 saturated heterocycles. The molecule has 0 aliphatic heterocycles. The molecule has 3 heterocycles. The highest BCUT2D eigenvalue weighted by Gasteiger charge is 2.22. The molecular weight excluding hydrogens is 723 g/mol. The Morgan fingerprint density at radius 1 is 0.328 bits per heavy atom. The highest BCUT2D eigenvalue weighted by atomic mass is 32.1. The third-order valence-electron chi connectivity index (χ3n) is 11.7. The molecule has 0 unspecified atom stereocenters. The van der Waals surface area contributed by atoms with Crippen molar-refractivity contribution in [1.82, 2.24) is 9.13 Å². The minimum absolute atomic E-state index is 1.10. The number of fused-ring (bicyclic) bond motifs is 9. The molecule has 12 aromatic rings. The molecule has 0 bridgehead atoms. The number of hydrogen-bond acceptors (Lipinski definition) is 2. The van der Waals surface area contributed by atoms with Crippen LogP contribution in [0.3, 0.4) is 0 Å². The zero-order valence-electron chi connectivity index (χ0n) is 31.5. The average molecular weight is 758 g/mol. The Bertz CT molecular complexity index is 3500. The molecule has 0 atom stereocenters. The molecule has 0 radical (unpaired) electrons. The average Bonchev–Trinajstić information content (AvgIpc) is 3.95. The normalized spacial score (nSPS) is 11.8. The van der Waals surface area contributed by atoms with Gasteiger partial charge in [-0.25, -0.2) is 0 Å². The van der Waals surface area contributed by atoms with Crippen LogP contribution in [0.15, 0.2) is 212 Å². The molecule has 0 amide bonds. The van der Waals surface area contributed by atoms with E-state index in [0.717, 1.165) is 28.4 Å². The molecular formula is C54H35N3S. The number of para-hydroxylation sites is 4. The predicted octanol–water partition coefficient (Wildman–Crippen LogP) is 15.4. The van der Waals surface area contributed by atoms with Gasteiger partial charge in [-0.1, -0.05) is 121 Å². The summed E-state index contributed by atoms with van der Waals surface area (Å²) in [5.41, 5.74) is 12.8. The number of rotatable bonds is 6. The van der Waals surface area contributed by atoms with E-state index in [1.165, 1.54) is 74.9 Å². The van der Waals surface area contributed by atoms with Crippen molar-refractivity contribution in [2.75, 3.05) is 4.90 Å². The van der Waals surface area contributed by atoms with Gasteiger partial charge in [0.1, 0.15) is 0 Å². The van der Waals surface area contributed by atoms with Crippen LogP contribution in [-0.2, 0) is 0 Å². The van der Waals surface area contributed by atoms with E-state index in [0.29, 0.717) is 0 Å². The van der Waals surface area contributed by atoms with Crippen LogP contribution in [-0.4, -0.2) is 9.13 Å². The summed E-state index contributed by atoms with van der Waals surface area (Å²) in [6.45, 7) is 0. The SMILES string of the molecule is c1ccc(-n2c3ccccc3c3ccc(-c4ccc(N(c5ccc6sc7ccccc7c6c5)c5cccc6c5c5ccccc5n6-c5ccccc5)cc4)cc32)cc1. The summed E-state index contributed by atoms with van der Waals surface area (Å²) in [4.78, 5) is 2.45. The maximum atomic E-state index is 2.45. The lowest BCUT2D eigenvalue weighted by Gasteiger charge is -2.27. The van der Waals surface area contributed by atoms with E-state index in [1.54, 1.807) is 0 Å². The fourth-order valence-electron chi connectivity index (χ4n) is 9.13. The molecule has 58 heavy (non-hydrogen) atoms. The summed E-state index contributed by atoms with van der Waals surface area (Å²) in [5, 5.41) is 7.54. The summed E-state index contributed by atoms with van der Waals surface area (Å²) in [6.07, 6.45) is 0. The molecule has 12 rings (SSSR count). The quantitative estimate of drug-likeness (QED) is 0.165. The Labute approximate surface area is 339 Å². The van der Waals surface area contributed by atoms with Gasteiger partial charge in [-0.05, 0) is 102 Å². The zero-order valence-corrected chi connectivity index (χ0v) is 32.3. The molecule has 0 aliphatic rings. The van der Waals surface area contributed by atoms with Crippen LogP contribution in [0.5, 0.6) is 0 Å². The molecule has 0 spiro atoms. The summed E-state index contributed by atoms with van der Waals surface area (Å²) in [5.74, 6) is 0. The van der Waals surface area contributed by atoms with Crippen LogP contribution >= 0.6 is 11.3 Å². The number of anilines is 3. The van der Waals surface area contributed by atoms with E-state index in [2.05, 4.69) is 226 Å². The van der Waals surface area contributed by atoms with Gasteiger partial charge < -0.3 is 14.0 Å². The second kappa shape index (κ2) is 13.1. The zero-order chi connectivity index (χ0) is 38.2. The summed E-state index contributed by atoms with van der Waals surface area (Å²) >= 11 is 1.86. The van der Waals surface area contributed by atoms with Gasteiger partial charge in [-0.3, -0.25) is 0 Å². The lowest BCUT2D eigenvalue weighted by molar-refractivity contribution is 1.18. The van der Waals surface area contributed by atoms with Gasteiger partial charge in [0.2, 0.25) is 0 Å². The minimum atomic E-state index is 1.10. The molecule has 272 valence electrons. The van der Waals surface area contributed by atoms with E-state index in [9.17, 15) is 0 Å². The van der Waals surface area contributed by atoms with E-state index in [1.807, 2.05) is 11.3 Å². The van der Waals surface area contributed by atoms with E-state index in [-0.39, 0.29) is 0 Å². The minimum Gasteiger partial charge on any atom is -0.310 e. The molecule has 3 nitrogen and oxygen atoms in total. The van der Waals surface area contributed by atoms with Gasteiger partial charge in [0.25, 0.3) is 0 Å². The molecule has 4 heteroatoms. The van der Waals surface area contributed by atoms with Gasteiger partial charge >= 0.3 is 0 Å². The number of nitrogens with zero attached hydrogens (tertiary/aromatic N) is 3. The Morgan fingerprint density at radius 2 is 0.879 bits per heavy atom. The van der Waals surface area contributed by atoms with Gasteiger partial charge in [-0.2, -0.15) is 0 Å². The van der Waals surface area contributed by atoms with E-state index in [4.69, 9.17) is 0 Å². The van der Waals surface area contributed by atoms with Gasteiger partial charge in [0.05, 0.1) is 27.8 Å². The molecule has 9 aromatic carbocycles. The lowest BCUT2D eigenvalue weighted by atomic mass is 10.0. The molecule has 0 fully saturated rings. The highest BCUT2D eigenvalue weighted by molar-refractivity contribution is 7.25. The number of benzene rings is 9. The second-order valence-corrected chi connectivity index (χ2v) is 16.0. The first kappa shape index (κ1) is 32.8. The number of thiophene rings is 1. The Hall–Kier alpha value is -7.40. The molecule has 0 N–H and O–H groups in total. The Kier molecular flexibility index (Phi) is 7.40.